The molecule has 1 aromatic heterocycles. The minimum absolute atomic E-state index is 0.0997. The molecule has 2 unspecified atom stereocenters. The largest absolute Gasteiger partial charge is 0.508 e. The summed E-state index contributed by atoms with van der Waals surface area (Å²) >= 11 is 3.46. The van der Waals surface area contributed by atoms with Gasteiger partial charge in [-0.25, -0.2) is 0 Å². The Hall–Kier alpha value is -1.39. The Labute approximate surface area is 128 Å². The molecule has 0 fully saturated rings. The summed E-state index contributed by atoms with van der Waals surface area (Å²) in [6.07, 6.45) is 4.54. The van der Waals surface area contributed by atoms with Gasteiger partial charge >= 0.3 is 0 Å². The van der Waals surface area contributed by atoms with Crippen LogP contribution in [0, 0.1) is 0 Å². The quantitative estimate of drug-likeness (QED) is 0.854. The van der Waals surface area contributed by atoms with E-state index in [2.05, 4.69) is 46.1 Å². The van der Waals surface area contributed by atoms with Gasteiger partial charge in [-0.2, -0.15) is 0 Å². The summed E-state index contributed by atoms with van der Waals surface area (Å²) in [6.45, 7) is 4.21. The van der Waals surface area contributed by atoms with Gasteiger partial charge in [0.15, 0.2) is 0 Å². The van der Waals surface area contributed by atoms with Crippen molar-refractivity contribution in [2.45, 2.75) is 32.4 Å². The second kappa shape index (κ2) is 6.86. The van der Waals surface area contributed by atoms with Gasteiger partial charge < -0.3 is 10.4 Å². The van der Waals surface area contributed by atoms with Crippen LogP contribution in [0.4, 0.5) is 0 Å². The Morgan fingerprint density at radius 2 is 2.15 bits per heavy atom. The molecule has 3 nitrogen and oxygen atoms in total. The number of aromatic hydroxyl groups is 1. The van der Waals surface area contributed by atoms with E-state index in [1.165, 1.54) is 0 Å². The zero-order chi connectivity index (χ0) is 14.5. The SMILES string of the molecule is CCC(NC(C)c1cccnc1)c1cc(Br)ccc1O. The number of nitrogens with zero attached hydrogens (tertiary/aromatic N) is 1. The molecule has 4 heteroatoms. The second-order valence-corrected chi connectivity index (χ2v) is 5.75. The summed E-state index contributed by atoms with van der Waals surface area (Å²) in [6, 6.07) is 9.79. The van der Waals surface area contributed by atoms with Crippen molar-refractivity contribution >= 4 is 15.9 Å². The molecule has 0 spiro atoms. The third kappa shape index (κ3) is 3.58. The molecule has 0 aliphatic rings. The van der Waals surface area contributed by atoms with Crippen molar-refractivity contribution in [3.05, 3.63) is 58.3 Å². The van der Waals surface area contributed by atoms with Gasteiger partial charge in [-0.3, -0.25) is 4.98 Å². The van der Waals surface area contributed by atoms with Gasteiger partial charge in [-0.15, -0.1) is 0 Å². The summed E-state index contributed by atoms with van der Waals surface area (Å²) in [7, 11) is 0. The lowest BCUT2D eigenvalue weighted by Gasteiger charge is -2.23. The number of phenolic OH excluding ortho intramolecular Hbond substituents is 1. The van der Waals surface area contributed by atoms with Crippen LogP contribution in [0.1, 0.15) is 43.5 Å². The number of nitrogens with one attached hydrogen (secondary N) is 1. The first-order valence-electron chi connectivity index (χ1n) is 6.76. The van der Waals surface area contributed by atoms with E-state index in [-0.39, 0.29) is 12.1 Å². The Morgan fingerprint density at radius 3 is 2.80 bits per heavy atom. The van der Waals surface area contributed by atoms with Crippen molar-refractivity contribution in [2.24, 2.45) is 0 Å². The van der Waals surface area contributed by atoms with E-state index >= 15 is 0 Å². The predicted molar refractivity (Wildman–Crippen MR) is 84.6 cm³/mol. The summed E-state index contributed by atoms with van der Waals surface area (Å²) in [5.74, 6) is 0.325. The summed E-state index contributed by atoms with van der Waals surface area (Å²) in [5.41, 5.74) is 2.05. The highest BCUT2D eigenvalue weighted by atomic mass is 79.9. The van der Waals surface area contributed by atoms with Crippen LogP contribution in [0.2, 0.25) is 0 Å². The first-order valence-corrected chi connectivity index (χ1v) is 7.55. The van der Waals surface area contributed by atoms with Crippen LogP contribution in [0.3, 0.4) is 0 Å². The van der Waals surface area contributed by atoms with Crippen molar-refractivity contribution in [3.63, 3.8) is 0 Å². The van der Waals surface area contributed by atoms with Gasteiger partial charge in [0, 0.05) is 34.5 Å². The predicted octanol–water partition coefficient (Wildman–Crippen LogP) is 4.35. The molecule has 2 atom stereocenters. The monoisotopic (exact) mass is 334 g/mol. The van der Waals surface area contributed by atoms with Crippen LogP contribution in [-0.4, -0.2) is 10.1 Å². The van der Waals surface area contributed by atoms with E-state index < -0.39 is 0 Å². The highest BCUT2D eigenvalue weighted by Gasteiger charge is 2.17. The molecule has 0 saturated carbocycles. The van der Waals surface area contributed by atoms with Gasteiger partial charge in [0.25, 0.3) is 0 Å². The molecule has 0 aliphatic heterocycles. The summed E-state index contributed by atoms with van der Waals surface area (Å²) in [4.78, 5) is 4.15. The number of halogens is 1. The van der Waals surface area contributed by atoms with E-state index in [0.29, 0.717) is 5.75 Å². The maximum atomic E-state index is 10.0. The van der Waals surface area contributed by atoms with Crippen LogP contribution >= 0.6 is 15.9 Å². The van der Waals surface area contributed by atoms with E-state index in [1.54, 1.807) is 12.3 Å². The lowest BCUT2D eigenvalue weighted by molar-refractivity contribution is 0.419. The highest BCUT2D eigenvalue weighted by molar-refractivity contribution is 9.10. The molecule has 1 aromatic carbocycles. The average Bonchev–Trinajstić information content (AvgIpc) is 2.48. The van der Waals surface area contributed by atoms with Gasteiger partial charge in [-0.1, -0.05) is 28.9 Å². The molecule has 1 heterocycles. The Bertz CT molecular complexity index is 560. The summed E-state index contributed by atoms with van der Waals surface area (Å²) in [5, 5.41) is 13.6. The third-order valence-corrected chi connectivity index (χ3v) is 3.90. The van der Waals surface area contributed by atoms with Crippen LogP contribution in [-0.2, 0) is 0 Å². The normalized spacial score (nSPS) is 13.9. The zero-order valence-electron chi connectivity index (χ0n) is 11.7. The number of phenols is 1. The number of hydrogen-bond donors (Lipinski definition) is 2. The molecule has 2 rings (SSSR count). The maximum Gasteiger partial charge on any atom is 0.120 e. The standard InChI is InChI=1S/C16H19BrN2O/c1-3-15(14-9-13(17)6-7-16(14)20)19-11(2)12-5-4-8-18-10-12/h4-11,15,19-20H,3H2,1-2H3. The molecule has 2 aromatic rings. The first-order chi connectivity index (χ1) is 9.61. The van der Waals surface area contributed by atoms with Crippen LogP contribution in [0.15, 0.2) is 47.2 Å². The lowest BCUT2D eigenvalue weighted by Crippen LogP contribution is -2.24. The van der Waals surface area contributed by atoms with Crippen molar-refractivity contribution < 1.29 is 5.11 Å². The van der Waals surface area contributed by atoms with E-state index in [4.69, 9.17) is 0 Å². The molecular weight excluding hydrogens is 316 g/mol. The Kier molecular flexibility index (Phi) is 5.15. The fourth-order valence-corrected chi connectivity index (χ4v) is 2.64. The topological polar surface area (TPSA) is 45.2 Å². The van der Waals surface area contributed by atoms with Crippen molar-refractivity contribution in [3.8, 4) is 5.75 Å². The lowest BCUT2D eigenvalue weighted by atomic mass is 10.0. The number of rotatable bonds is 5. The minimum atomic E-state index is 0.0997. The number of benzene rings is 1. The summed E-state index contributed by atoms with van der Waals surface area (Å²) < 4.78 is 0.972. The van der Waals surface area contributed by atoms with Gasteiger partial charge in [0.05, 0.1) is 0 Å². The van der Waals surface area contributed by atoms with E-state index in [1.807, 2.05) is 24.4 Å². The highest BCUT2D eigenvalue weighted by Crippen LogP contribution is 2.31. The fraction of sp³-hybridized carbons (Fsp3) is 0.312. The number of hydrogen-bond acceptors (Lipinski definition) is 3. The average molecular weight is 335 g/mol. The van der Waals surface area contributed by atoms with Gasteiger partial charge in [0.2, 0.25) is 0 Å². The zero-order valence-corrected chi connectivity index (χ0v) is 13.3. The van der Waals surface area contributed by atoms with Crippen LogP contribution < -0.4 is 5.32 Å². The molecule has 20 heavy (non-hydrogen) atoms. The first kappa shape index (κ1) is 15.0. The Balaban J connectivity index is 2.19. The van der Waals surface area contributed by atoms with Crippen molar-refractivity contribution in [2.75, 3.05) is 0 Å². The molecule has 106 valence electrons. The molecule has 2 N–H and O–H groups in total. The van der Waals surface area contributed by atoms with Crippen LogP contribution in [0.25, 0.3) is 0 Å². The van der Waals surface area contributed by atoms with Crippen molar-refractivity contribution in [1.82, 2.24) is 10.3 Å². The molecular formula is C16H19BrN2O. The third-order valence-electron chi connectivity index (χ3n) is 3.41. The van der Waals surface area contributed by atoms with E-state index in [9.17, 15) is 5.11 Å². The van der Waals surface area contributed by atoms with Gasteiger partial charge in [-0.05, 0) is 43.2 Å². The smallest absolute Gasteiger partial charge is 0.120 e. The number of aromatic nitrogens is 1. The molecule has 0 radical (unpaired) electrons. The maximum absolute atomic E-state index is 10.0. The van der Waals surface area contributed by atoms with Crippen molar-refractivity contribution in [1.29, 1.82) is 0 Å². The van der Waals surface area contributed by atoms with Gasteiger partial charge in [0.1, 0.15) is 5.75 Å². The second-order valence-electron chi connectivity index (χ2n) is 4.84. The van der Waals surface area contributed by atoms with Crippen LogP contribution in [0.5, 0.6) is 5.75 Å². The minimum Gasteiger partial charge on any atom is -0.508 e. The molecule has 0 saturated heterocycles. The van der Waals surface area contributed by atoms with E-state index in [0.717, 1.165) is 22.0 Å². The Morgan fingerprint density at radius 1 is 1.35 bits per heavy atom. The molecule has 0 aliphatic carbocycles. The number of pyridine rings is 1. The molecule has 0 amide bonds. The molecule has 0 bridgehead atoms. The fourth-order valence-electron chi connectivity index (χ4n) is 2.26.